The molecule has 3 aromatic carbocycles. The van der Waals surface area contributed by atoms with Gasteiger partial charge in [-0.15, -0.1) is 0 Å². The standard InChI is InChI=1S/C25H23N3OS/c1-14-6-11-18(12-7-14)27-24(29)21-15(2)26-25(30)28-23(21)20-13-10-17-9-8-16-4-3-5-19(20)22(16)17/h3-7,10-13,23H,8-9H2,1-2H3,(H,27,29)(H2,26,28,30). The Bertz CT molecular complexity index is 1220. The van der Waals surface area contributed by atoms with Crippen LogP contribution in [0.4, 0.5) is 5.69 Å². The van der Waals surface area contributed by atoms with E-state index < -0.39 is 0 Å². The number of anilines is 1. The first-order valence-corrected chi connectivity index (χ1v) is 10.6. The van der Waals surface area contributed by atoms with Gasteiger partial charge in [-0.1, -0.05) is 48.0 Å². The summed E-state index contributed by atoms with van der Waals surface area (Å²) in [6.07, 6.45) is 2.15. The van der Waals surface area contributed by atoms with E-state index in [1.165, 1.54) is 21.9 Å². The molecule has 0 fully saturated rings. The van der Waals surface area contributed by atoms with Crippen molar-refractivity contribution in [3.63, 3.8) is 0 Å². The molecule has 1 atom stereocenters. The molecule has 5 rings (SSSR count). The molecule has 0 spiro atoms. The van der Waals surface area contributed by atoms with Gasteiger partial charge in [0.25, 0.3) is 5.91 Å². The average Bonchev–Trinajstić information content (AvgIpc) is 3.14. The SMILES string of the molecule is CC1=C(C(=O)Nc2ccc(C)cc2)C(c2ccc3c4c(cccc24)CC3)NC(=S)N1. The molecule has 1 heterocycles. The Morgan fingerprint density at radius 2 is 1.73 bits per heavy atom. The van der Waals surface area contributed by atoms with Crippen LogP contribution in [0.3, 0.4) is 0 Å². The lowest BCUT2D eigenvalue weighted by Gasteiger charge is -2.31. The Morgan fingerprint density at radius 3 is 2.50 bits per heavy atom. The highest BCUT2D eigenvalue weighted by atomic mass is 32.1. The summed E-state index contributed by atoms with van der Waals surface area (Å²) in [7, 11) is 0. The third-order valence-electron chi connectivity index (χ3n) is 6.04. The zero-order chi connectivity index (χ0) is 20.8. The number of benzene rings is 3. The number of amides is 1. The molecule has 2 aliphatic rings. The van der Waals surface area contributed by atoms with Crippen LogP contribution in [0.2, 0.25) is 0 Å². The fourth-order valence-electron chi connectivity index (χ4n) is 4.58. The van der Waals surface area contributed by atoms with Crippen molar-refractivity contribution in [2.45, 2.75) is 32.7 Å². The average molecular weight is 414 g/mol. The first kappa shape index (κ1) is 18.8. The molecule has 1 aliphatic heterocycles. The van der Waals surface area contributed by atoms with Crippen molar-refractivity contribution in [1.82, 2.24) is 10.6 Å². The molecule has 0 aromatic heterocycles. The van der Waals surface area contributed by atoms with Crippen molar-refractivity contribution >= 4 is 39.7 Å². The van der Waals surface area contributed by atoms with Crippen LogP contribution in [0.5, 0.6) is 0 Å². The predicted molar refractivity (Wildman–Crippen MR) is 125 cm³/mol. The summed E-state index contributed by atoms with van der Waals surface area (Å²) in [6.45, 7) is 3.93. The molecule has 4 nitrogen and oxygen atoms in total. The number of carbonyl (C=O) groups is 1. The maximum absolute atomic E-state index is 13.3. The number of hydrogen-bond donors (Lipinski definition) is 3. The van der Waals surface area contributed by atoms with E-state index in [1.807, 2.05) is 38.1 Å². The molecule has 3 aromatic rings. The number of thiocarbonyl (C=S) groups is 1. The molecule has 1 aliphatic carbocycles. The summed E-state index contributed by atoms with van der Waals surface area (Å²) in [4.78, 5) is 13.3. The largest absolute Gasteiger partial charge is 0.351 e. The fourth-order valence-corrected chi connectivity index (χ4v) is 4.86. The van der Waals surface area contributed by atoms with E-state index in [0.29, 0.717) is 10.7 Å². The van der Waals surface area contributed by atoms with E-state index in [9.17, 15) is 4.79 Å². The predicted octanol–water partition coefficient (Wildman–Crippen LogP) is 4.68. The van der Waals surface area contributed by atoms with Crippen molar-refractivity contribution in [1.29, 1.82) is 0 Å². The molecular formula is C25H23N3OS. The monoisotopic (exact) mass is 413 g/mol. The van der Waals surface area contributed by atoms with Crippen LogP contribution >= 0.6 is 12.2 Å². The van der Waals surface area contributed by atoms with Gasteiger partial charge in [0.05, 0.1) is 11.6 Å². The first-order chi connectivity index (χ1) is 14.5. The van der Waals surface area contributed by atoms with Gasteiger partial charge in [0.15, 0.2) is 5.11 Å². The van der Waals surface area contributed by atoms with Crippen LogP contribution in [-0.4, -0.2) is 11.0 Å². The molecule has 0 bridgehead atoms. The van der Waals surface area contributed by atoms with Gasteiger partial charge in [0.1, 0.15) is 0 Å². The number of carbonyl (C=O) groups excluding carboxylic acids is 1. The second-order valence-corrected chi connectivity index (χ2v) is 8.45. The second kappa shape index (κ2) is 7.26. The molecule has 150 valence electrons. The van der Waals surface area contributed by atoms with Crippen LogP contribution in [-0.2, 0) is 17.6 Å². The lowest BCUT2D eigenvalue weighted by Crippen LogP contribution is -2.45. The number of rotatable bonds is 3. The highest BCUT2D eigenvalue weighted by Crippen LogP contribution is 2.38. The summed E-state index contributed by atoms with van der Waals surface area (Å²) in [6, 6.07) is 18.3. The molecule has 3 N–H and O–H groups in total. The Labute approximate surface area is 181 Å². The quantitative estimate of drug-likeness (QED) is 0.546. The van der Waals surface area contributed by atoms with Gasteiger partial charge in [-0.3, -0.25) is 4.79 Å². The van der Waals surface area contributed by atoms with E-state index >= 15 is 0 Å². The van der Waals surface area contributed by atoms with Crippen LogP contribution in [0.25, 0.3) is 10.8 Å². The van der Waals surface area contributed by atoms with E-state index in [0.717, 1.165) is 35.4 Å². The zero-order valence-electron chi connectivity index (χ0n) is 17.0. The second-order valence-electron chi connectivity index (χ2n) is 8.04. The molecule has 5 heteroatoms. The van der Waals surface area contributed by atoms with E-state index in [1.54, 1.807) is 0 Å². The molecule has 1 unspecified atom stereocenters. The van der Waals surface area contributed by atoms with E-state index in [2.05, 4.69) is 46.3 Å². The molecular weight excluding hydrogens is 390 g/mol. The molecule has 30 heavy (non-hydrogen) atoms. The smallest absolute Gasteiger partial charge is 0.255 e. The van der Waals surface area contributed by atoms with Crippen LogP contribution in [0.1, 0.15) is 35.2 Å². The minimum Gasteiger partial charge on any atom is -0.351 e. The minimum atomic E-state index is -0.311. The highest BCUT2D eigenvalue weighted by molar-refractivity contribution is 7.80. The Hall–Kier alpha value is -3.18. The van der Waals surface area contributed by atoms with Crippen LogP contribution < -0.4 is 16.0 Å². The molecule has 1 amide bonds. The lowest BCUT2D eigenvalue weighted by atomic mass is 9.89. The van der Waals surface area contributed by atoms with Crippen molar-refractivity contribution in [3.8, 4) is 0 Å². The summed E-state index contributed by atoms with van der Waals surface area (Å²) in [5.74, 6) is -0.132. The zero-order valence-corrected chi connectivity index (χ0v) is 17.8. The molecule has 0 saturated carbocycles. The van der Waals surface area contributed by atoms with Gasteiger partial charge in [-0.25, -0.2) is 0 Å². The summed E-state index contributed by atoms with van der Waals surface area (Å²) >= 11 is 5.44. The minimum absolute atomic E-state index is 0.132. The number of aryl methyl sites for hydroxylation is 3. The Kier molecular flexibility index (Phi) is 4.55. The van der Waals surface area contributed by atoms with E-state index in [4.69, 9.17) is 12.2 Å². The molecule has 0 radical (unpaired) electrons. The Balaban J connectivity index is 1.59. The third-order valence-corrected chi connectivity index (χ3v) is 6.26. The molecule has 0 saturated heterocycles. The van der Waals surface area contributed by atoms with Gasteiger partial charge < -0.3 is 16.0 Å². The number of hydrogen-bond acceptors (Lipinski definition) is 2. The van der Waals surface area contributed by atoms with Gasteiger partial charge in [-0.2, -0.15) is 0 Å². The van der Waals surface area contributed by atoms with E-state index in [-0.39, 0.29) is 11.9 Å². The normalized spacial score (nSPS) is 17.7. The maximum atomic E-state index is 13.3. The van der Waals surface area contributed by atoms with Gasteiger partial charge in [-0.05, 0) is 78.5 Å². The summed E-state index contributed by atoms with van der Waals surface area (Å²) < 4.78 is 0. The number of allylic oxidation sites excluding steroid dienone is 1. The van der Waals surface area contributed by atoms with Crippen molar-refractivity contribution in [3.05, 3.63) is 88.1 Å². The first-order valence-electron chi connectivity index (χ1n) is 10.2. The third kappa shape index (κ3) is 3.15. The Morgan fingerprint density at radius 1 is 1.00 bits per heavy atom. The van der Waals surface area contributed by atoms with Gasteiger partial charge >= 0.3 is 0 Å². The summed E-state index contributed by atoms with van der Waals surface area (Å²) in [5.41, 5.74) is 7.20. The maximum Gasteiger partial charge on any atom is 0.255 e. The van der Waals surface area contributed by atoms with Crippen molar-refractivity contribution < 1.29 is 4.79 Å². The summed E-state index contributed by atoms with van der Waals surface area (Å²) in [5, 5.41) is 12.6. The topological polar surface area (TPSA) is 53.2 Å². The van der Waals surface area contributed by atoms with Crippen molar-refractivity contribution in [2.24, 2.45) is 0 Å². The fraction of sp³-hybridized carbons (Fsp3) is 0.200. The van der Waals surface area contributed by atoms with Crippen LogP contribution in [0, 0.1) is 6.92 Å². The highest BCUT2D eigenvalue weighted by Gasteiger charge is 2.32. The van der Waals surface area contributed by atoms with Crippen LogP contribution in [0.15, 0.2) is 65.9 Å². The van der Waals surface area contributed by atoms with Gasteiger partial charge in [0, 0.05) is 11.4 Å². The van der Waals surface area contributed by atoms with Gasteiger partial charge in [0.2, 0.25) is 0 Å². The number of nitrogens with one attached hydrogen (secondary N) is 3. The van der Waals surface area contributed by atoms with Crippen molar-refractivity contribution in [2.75, 3.05) is 5.32 Å². The lowest BCUT2D eigenvalue weighted by molar-refractivity contribution is -0.113.